The van der Waals surface area contributed by atoms with Gasteiger partial charge in [-0.15, -0.1) is 0 Å². The van der Waals surface area contributed by atoms with Crippen LogP contribution in [0.5, 0.6) is 11.5 Å². The van der Waals surface area contributed by atoms with Crippen LogP contribution >= 0.6 is 24.0 Å². The van der Waals surface area contributed by atoms with E-state index in [0.29, 0.717) is 40.5 Å². The van der Waals surface area contributed by atoms with Crippen molar-refractivity contribution in [3.63, 3.8) is 0 Å². The highest BCUT2D eigenvalue weighted by molar-refractivity contribution is 8.26. The topological polar surface area (TPSA) is 65.1 Å². The van der Waals surface area contributed by atoms with Crippen molar-refractivity contribution in [2.75, 3.05) is 19.8 Å². The van der Waals surface area contributed by atoms with Gasteiger partial charge in [-0.05, 0) is 50.1 Å². The van der Waals surface area contributed by atoms with Crippen LogP contribution in [-0.4, -0.2) is 40.9 Å². The Kier molecular flexibility index (Phi) is 8.91. The average Bonchev–Trinajstić information content (AvgIpc) is 3.05. The summed E-state index contributed by atoms with van der Waals surface area (Å²) in [5.41, 5.74) is 3.06. The number of hydrogen-bond donors (Lipinski definition) is 0. The highest BCUT2D eigenvalue weighted by atomic mass is 32.2. The Morgan fingerprint density at radius 3 is 2.52 bits per heavy atom. The van der Waals surface area contributed by atoms with Crippen molar-refractivity contribution < 1.29 is 23.8 Å². The van der Waals surface area contributed by atoms with Crippen LogP contribution in [0.25, 0.3) is 6.08 Å². The summed E-state index contributed by atoms with van der Waals surface area (Å²) in [6, 6.07) is 13.7. The Morgan fingerprint density at radius 1 is 1.06 bits per heavy atom. The lowest BCUT2D eigenvalue weighted by atomic mass is 10.1. The smallest absolute Gasteiger partial charge is 0.307 e. The average molecular weight is 486 g/mol. The predicted molar refractivity (Wildman–Crippen MR) is 134 cm³/mol. The quantitative estimate of drug-likeness (QED) is 0.263. The van der Waals surface area contributed by atoms with Gasteiger partial charge in [0.05, 0.1) is 24.5 Å². The number of carbonyl (C=O) groups is 2. The fourth-order valence-corrected chi connectivity index (χ4v) is 4.44. The molecule has 0 spiro atoms. The summed E-state index contributed by atoms with van der Waals surface area (Å²) in [6.45, 7) is 7.13. The third-order valence-corrected chi connectivity index (χ3v) is 6.18. The van der Waals surface area contributed by atoms with Gasteiger partial charge in [-0.3, -0.25) is 14.5 Å². The number of aryl methyl sites for hydroxylation is 1. The first-order valence-electron chi connectivity index (χ1n) is 10.8. The third-order valence-electron chi connectivity index (χ3n) is 4.80. The van der Waals surface area contributed by atoms with E-state index in [0.717, 1.165) is 11.1 Å². The number of nitrogens with zero attached hydrogens (tertiary/aromatic N) is 1. The lowest BCUT2D eigenvalue weighted by Crippen LogP contribution is -2.30. The molecule has 0 bridgehead atoms. The molecule has 33 heavy (non-hydrogen) atoms. The van der Waals surface area contributed by atoms with E-state index in [9.17, 15) is 9.59 Å². The van der Waals surface area contributed by atoms with Crippen LogP contribution in [0, 0.1) is 6.92 Å². The Hall–Kier alpha value is -2.84. The van der Waals surface area contributed by atoms with Gasteiger partial charge in [-0.1, -0.05) is 59.9 Å². The Morgan fingerprint density at radius 2 is 1.82 bits per heavy atom. The monoisotopic (exact) mass is 485 g/mol. The predicted octanol–water partition coefficient (Wildman–Crippen LogP) is 5.13. The second-order valence-electron chi connectivity index (χ2n) is 7.30. The van der Waals surface area contributed by atoms with E-state index in [-0.39, 0.29) is 24.8 Å². The summed E-state index contributed by atoms with van der Waals surface area (Å²) in [6.07, 6.45) is 1.88. The largest absolute Gasteiger partial charge is 0.490 e. The fourth-order valence-electron chi connectivity index (χ4n) is 3.13. The lowest BCUT2D eigenvalue weighted by molar-refractivity contribution is -0.143. The maximum absolute atomic E-state index is 12.8. The zero-order valence-corrected chi connectivity index (χ0v) is 20.6. The van der Waals surface area contributed by atoms with Crippen LogP contribution in [0.15, 0.2) is 47.4 Å². The van der Waals surface area contributed by atoms with E-state index >= 15 is 0 Å². The summed E-state index contributed by atoms with van der Waals surface area (Å²) in [4.78, 5) is 26.4. The minimum Gasteiger partial charge on any atom is -0.490 e. The standard InChI is InChI=1S/C25H27NO5S2/c1-4-29-21-14-19(10-11-20(21)31-16-18-8-6-17(3)7-9-18)15-22-24(28)26(25(32)33-22)13-12-23(27)30-5-2/h6-11,14-15H,4-5,12-13,16H2,1-3H3/b22-15-. The minimum atomic E-state index is -0.349. The highest BCUT2D eigenvalue weighted by Gasteiger charge is 2.32. The summed E-state index contributed by atoms with van der Waals surface area (Å²) < 4.78 is 17.1. The number of carbonyl (C=O) groups excluding carboxylic acids is 2. The second kappa shape index (κ2) is 11.9. The number of rotatable bonds is 10. The van der Waals surface area contributed by atoms with Crippen molar-refractivity contribution in [3.8, 4) is 11.5 Å². The van der Waals surface area contributed by atoms with Gasteiger partial charge in [-0.25, -0.2) is 0 Å². The van der Waals surface area contributed by atoms with E-state index in [2.05, 4.69) is 0 Å². The molecule has 0 aromatic heterocycles. The van der Waals surface area contributed by atoms with Crippen LogP contribution < -0.4 is 9.47 Å². The molecule has 8 heteroatoms. The summed E-state index contributed by atoms with van der Waals surface area (Å²) in [5, 5.41) is 0. The first kappa shape index (κ1) is 24.8. The summed E-state index contributed by atoms with van der Waals surface area (Å²) in [7, 11) is 0. The number of benzene rings is 2. The molecule has 1 amide bonds. The van der Waals surface area contributed by atoms with E-state index < -0.39 is 0 Å². The molecule has 0 N–H and O–H groups in total. The molecule has 1 heterocycles. The van der Waals surface area contributed by atoms with E-state index in [4.69, 9.17) is 26.4 Å². The number of thiocarbonyl (C=S) groups is 1. The van der Waals surface area contributed by atoms with Crippen molar-refractivity contribution >= 4 is 46.3 Å². The zero-order chi connectivity index (χ0) is 23.8. The molecule has 1 aliphatic rings. The maximum Gasteiger partial charge on any atom is 0.307 e. The molecule has 1 aliphatic heterocycles. The molecule has 2 aromatic carbocycles. The highest BCUT2D eigenvalue weighted by Crippen LogP contribution is 2.35. The number of amides is 1. The molecule has 1 fully saturated rings. The van der Waals surface area contributed by atoms with Crippen LogP contribution in [-0.2, 0) is 20.9 Å². The molecule has 0 atom stereocenters. The molecule has 0 unspecified atom stereocenters. The van der Waals surface area contributed by atoms with Crippen molar-refractivity contribution in [2.24, 2.45) is 0 Å². The molecule has 0 aliphatic carbocycles. The third kappa shape index (κ3) is 6.82. The Bertz CT molecular complexity index is 1050. The number of thioether (sulfide) groups is 1. The van der Waals surface area contributed by atoms with E-state index in [1.807, 2.05) is 56.3 Å². The van der Waals surface area contributed by atoms with Gasteiger partial charge in [0.15, 0.2) is 11.5 Å². The first-order valence-corrected chi connectivity index (χ1v) is 12.0. The number of ether oxygens (including phenoxy) is 3. The van der Waals surface area contributed by atoms with Gasteiger partial charge >= 0.3 is 5.97 Å². The van der Waals surface area contributed by atoms with Crippen molar-refractivity contribution in [1.82, 2.24) is 4.90 Å². The molecular formula is C25H27NO5S2. The molecule has 0 radical (unpaired) electrons. The number of hydrogen-bond acceptors (Lipinski definition) is 7. The second-order valence-corrected chi connectivity index (χ2v) is 8.98. The van der Waals surface area contributed by atoms with Gasteiger partial charge < -0.3 is 14.2 Å². The molecule has 3 rings (SSSR count). The van der Waals surface area contributed by atoms with Crippen LogP contribution in [0.1, 0.15) is 37.0 Å². The van der Waals surface area contributed by atoms with Gasteiger partial charge in [0.25, 0.3) is 5.91 Å². The van der Waals surface area contributed by atoms with Crippen molar-refractivity contribution in [3.05, 3.63) is 64.1 Å². The normalized spacial score (nSPS) is 14.6. The fraction of sp³-hybridized carbons (Fsp3) is 0.320. The van der Waals surface area contributed by atoms with Crippen molar-refractivity contribution in [1.29, 1.82) is 0 Å². The Balaban J connectivity index is 1.71. The SMILES string of the molecule is CCOC(=O)CCN1C(=O)/C(=C/c2ccc(OCc3ccc(C)cc3)c(OCC)c2)SC1=S. The van der Waals surface area contributed by atoms with Gasteiger partial charge in [-0.2, -0.15) is 0 Å². The van der Waals surface area contributed by atoms with Crippen LogP contribution in [0.2, 0.25) is 0 Å². The van der Waals surface area contributed by atoms with Crippen LogP contribution in [0.4, 0.5) is 0 Å². The van der Waals surface area contributed by atoms with E-state index in [1.54, 1.807) is 13.0 Å². The number of esters is 1. The molecule has 1 saturated heterocycles. The molecule has 0 saturated carbocycles. The zero-order valence-electron chi connectivity index (χ0n) is 19.0. The van der Waals surface area contributed by atoms with Gasteiger partial charge in [0.2, 0.25) is 0 Å². The van der Waals surface area contributed by atoms with Crippen molar-refractivity contribution in [2.45, 2.75) is 33.8 Å². The molecule has 174 valence electrons. The summed E-state index contributed by atoms with van der Waals surface area (Å²) >= 11 is 6.55. The molecule has 6 nitrogen and oxygen atoms in total. The molecule has 2 aromatic rings. The maximum atomic E-state index is 12.8. The lowest BCUT2D eigenvalue weighted by Gasteiger charge is -2.14. The van der Waals surface area contributed by atoms with Gasteiger partial charge in [0, 0.05) is 6.54 Å². The Labute approximate surface area is 203 Å². The van der Waals surface area contributed by atoms with E-state index in [1.165, 1.54) is 22.2 Å². The van der Waals surface area contributed by atoms with Gasteiger partial charge in [0.1, 0.15) is 10.9 Å². The summed E-state index contributed by atoms with van der Waals surface area (Å²) in [5.74, 6) is 0.678. The van der Waals surface area contributed by atoms with Crippen LogP contribution in [0.3, 0.4) is 0 Å². The first-order chi connectivity index (χ1) is 15.9. The minimum absolute atomic E-state index is 0.106. The molecular weight excluding hydrogens is 458 g/mol.